The smallest absolute Gasteiger partial charge is 0.308 e. The van der Waals surface area contributed by atoms with Crippen LogP contribution in [-0.2, 0) is 20.3 Å². The van der Waals surface area contributed by atoms with E-state index in [2.05, 4.69) is 10.1 Å². The largest absolute Gasteiger partial charge is 0.469 e. The van der Waals surface area contributed by atoms with Crippen molar-refractivity contribution in [2.75, 3.05) is 25.2 Å². The van der Waals surface area contributed by atoms with Crippen molar-refractivity contribution in [2.24, 2.45) is 5.92 Å². The van der Waals surface area contributed by atoms with Crippen molar-refractivity contribution < 1.29 is 13.7 Å². The molecule has 0 spiro atoms. The number of rotatable bonds is 8. The first kappa shape index (κ1) is 15.6. The highest BCUT2D eigenvalue weighted by Crippen LogP contribution is 2.07. The molecule has 3 unspecified atom stereocenters. The summed E-state index contributed by atoms with van der Waals surface area (Å²) >= 11 is 0. The summed E-state index contributed by atoms with van der Waals surface area (Å²) in [5, 5.41) is 3.26. The monoisotopic (exact) mass is 249 g/mol. The Morgan fingerprint density at radius 1 is 1.44 bits per heavy atom. The molecule has 0 amide bonds. The molecule has 0 fully saturated rings. The molecule has 4 nitrogen and oxygen atoms in total. The zero-order chi connectivity index (χ0) is 12.6. The molecule has 0 saturated carbocycles. The second-order valence-electron chi connectivity index (χ2n) is 3.95. The van der Waals surface area contributed by atoms with E-state index in [1.165, 1.54) is 7.11 Å². The maximum Gasteiger partial charge on any atom is 0.308 e. The number of esters is 1. The van der Waals surface area contributed by atoms with E-state index >= 15 is 0 Å². The maximum absolute atomic E-state index is 11.2. The molecule has 0 aromatic rings. The first-order valence-electron chi connectivity index (χ1n) is 5.67. The van der Waals surface area contributed by atoms with E-state index < -0.39 is 10.8 Å². The lowest BCUT2D eigenvalue weighted by Gasteiger charge is -2.16. The molecule has 0 aromatic carbocycles. The van der Waals surface area contributed by atoms with E-state index in [0.29, 0.717) is 11.5 Å². The minimum Gasteiger partial charge on any atom is -0.469 e. The number of hydrogen-bond acceptors (Lipinski definition) is 4. The summed E-state index contributed by atoms with van der Waals surface area (Å²) < 4.78 is 15.8. The van der Waals surface area contributed by atoms with Crippen molar-refractivity contribution in [3.63, 3.8) is 0 Å². The lowest BCUT2D eigenvalue weighted by Crippen LogP contribution is -2.33. The summed E-state index contributed by atoms with van der Waals surface area (Å²) in [6, 6.07) is 0.239. The Morgan fingerprint density at radius 2 is 2.06 bits per heavy atom. The summed E-state index contributed by atoms with van der Waals surface area (Å²) in [6.45, 7) is 6.52. The molecule has 5 heteroatoms. The zero-order valence-corrected chi connectivity index (χ0v) is 11.4. The fraction of sp³-hybridized carbons (Fsp3) is 0.909. The molecule has 16 heavy (non-hydrogen) atoms. The van der Waals surface area contributed by atoms with Crippen LogP contribution in [0.15, 0.2) is 0 Å². The fourth-order valence-corrected chi connectivity index (χ4v) is 2.11. The van der Waals surface area contributed by atoms with E-state index in [4.69, 9.17) is 0 Å². The molecular formula is C11H23NO3S. The summed E-state index contributed by atoms with van der Waals surface area (Å²) in [5.74, 6) is 1.11. The first-order chi connectivity index (χ1) is 7.51. The van der Waals surface area contributed by atoms with Crippen molar-refractivity contribution in [1.29, 1.82) is 0 Å². The highest BCUT2D eigenvalue weighted by atomic mass is 32.2. The average Bonchev–Trinajstić information content (AvgIpc) is 2.27. The third kappa shape index (κ3) is 6.95. The van der Waals surface area contributed by atoms with Gasteiger partial charge in [-0.05, 0) is 13.3 Å². The normalized spacial score (nSPS) is 16.5. The molecule has 1 N–H and O–H groups in total. The zero-order valence-electron chi connectivity index (χ0n) is 10.6. The number of hydrogen-bond donors (Lipinski definition) is 1. The first-order valence-corrected chi connectivity index (χ1v) is 7.16. The SMILES string of the molecule is CCS(=O)CCNC(C)CC(C)C(=O)OC. The second-order valence-corrected chi connectivity index (χ2v) is 5.81. The second kappa shape index (κ2) is 8.70. The van der Waals surface area contributed by atoms with E-state index in [9.17, 15) is 9.00 Å². The number of carbonyl (C=O) groups excluding carboxylic acids is 1. The van der Waals surface area contributed by atoms with Crippen molar-refractivity contribution in [3.05, 3.63) is 0 Å². The minimum atomic E-state index is -0.721. The van der Waals surface area contributed by atoms with Crippen molar-refractivity contribution >= 4 is 16.8 Å². The van der Waals surface area contributed by atoms with Crippen LogP contribution in [0.25, 0.3) is 0 Å². The lowest BCUT2D eigenvalue weighted by atomic mass is 10.0. The van der Waals surface area contributed by atoms with Gasteiger partial charge in [-0.2, -0.15) is 0 Å². The Bertz CT molecular complexity index is 233. The third-order valence-electron chi connectivity index (χ3n) is 2.46. The number of methoxy groups -OCH3 is 1. The number of carbonyl (C=O) groups is 1. The molecule has 3 atom stereocenters. The Balaban J connectivity index is 3.69. The third-order valence-corrected chi connectivity index (χ3v) is 3.76. The summed E-state index contributed by atoms with van der Waals surface area (Å²) in [5.41, 5.74) is 0. The molecule has 0 heterocycles. The molecule has 96 valence electrons. The van der Waals surface area contributed by atoms with Crippen LogP contribution in [0.2, 0.25) is 0 Å². The van der Waals surface area contributed by atoms with Gasteiger partial charge in [0, 0.05) is 34.9 Å². The Labute approximate surface area is 101 Å². The summed E-state index contributed by atoms with van der Waals surface area (Å²) in [7, 11) is 0.683. The summed E-state index contributed by atoms with van der Waals surface area (Å²) in [4.78, 5) is 11.2. The molecular weight excluding hydrogens is 226 g/mol. The van der Waals surface area contributed by atoms with Crippen molar-refractivity contribution in [3.8, 4) is 0 Å². The van der Waals surface area contributed by atoms with Gasteiger partial charge in [0.1, 0.15) is 0 Å². The van der Waals surface area contributed by atoms with E-state index in [0.717, 1.165) is 13.0 Å². The molecule has 0 radical (unpaired) electrons. The van der Waals surface area contributed by atoms with Gasteiger partial charge >= 0.3 is 5.97 Å². The molecule has 0 saturated heterocycles. The molecule has 0 aliphatic heterocycles. The Hall–Kier alpha value is -0.420. The molecule has 0 aromatic heterocycles. The number of nitrogens with one attached hydrogen (secondary N) is 1. The van der Waals surface area contributed by atoms with Crippen LogP contribution < -0.4 is 5.32 Å². The summed E-state index contributed by atoms with van der Waals surface area (Å²) in [6.07, 6.45) is 0.742. The minimum absolute atomic E-state index is 0.0934. The van der Waals surface area contributed by atoms with Crippen molar-refractivity contribution in [2.45, 2.75) is 33.2 Å². The van der Waals surface area contributed by atoms with E-state index in [1.807, 2.05) is 20.8 Å². The van der Waals surface area contributed by atoms with Crippen LogP contribution in [0.1, 0.15) is 27.2 Å². The van der Waals surface area contributed by atoms with Crippen molar-refractivity contribution in [1.82, 2.24) is 5.32 Å². The molecule has 0 bridgehead atoms. The predicted molar refractivity (Wildman–Crippen MR) is 66.8 cm³/mol. The predicted octanol–water partition coefficient (Wildman–Crippen LogP) is 0.932. The quantitative estimate of drug-likeness (QED) is 0.650. The standard InChI is InChI=1S/C11H23NO3S/c1-5-16(14)7-6-12-10(3)8-9(2)11(13)15-4/h9-10,12H,5-8H2,1-4H3. The topological polar surface area (TPSA) is 55.4 Å². The van der Waals surface area contributed by atoms with Gasteiger partial charge in [0.25, 0.3) is 0 Å². The van der Waals surface area contributed by atoms with E-state index in [-0.39, 0.29) is 17.9 Å². The molecule has 0 aliphatic carbocycles. The van der Waals surface area contributed by atoms with Crippen LogP contribution in [0.4, 0.5) is 0 Å². The van der Waals surface area contributed by atoms with Gasteiger partial charge in [-0.25, -0.2) is 0 Å². The van der Waals surface area contributed by atoms with Gasteiger partial charge in [-0.3, -0.25) is 9.00 Å². The van der Waals surface area contributed by atoms with Gasteiger partial charge in [-0.15, -0.1) is 0 Å². The Kier molecular flexibility index (Phi) is 8.47. The van der Waals surface area contributed by atoms with Crippen LogP contribution in [0, 0.1) is 5.92 Å². The lowest BCUT2D eigenvalue weighted by molar-refractivity contribution is -0.145. The van der Waals surface area contributed by atoms with Crippen LogP contribution in [-0.4, -0.2) is 41.4 Å². The van der Waals surface area contributed by atoms with Crippen LogP contribution in [0.5, 0.6) is 0 Å². The van der Waals surface area contributed by atoms with Crippen LogP contribution >= 0.6 is 0 Å². The average molecular weight is 249 g/mol. The van der Waals surface area contributed by atoms with Gasteiger partial charge in [0.15, 0.2) is 0 Å². The molecule has 0 aliphatic rings. The highest BCUT2D eigenvalue weighted by Gasteiger charge is 2.16. The van der Waals surface area contributed by atoms with Gasteiger partial charge in [0.2, 0.25) is 0 Å². The molecule has 0 rings (SSSR count). The highest BCUT2D eigenvalue weighted by molar-refractivity contribution is 7.84. The number of ether oxygens (including phenoxy) is 1. The van der Waals surface area contributed by atoms with Gasteiger partial charge in [0.05, 0.1) is 13.0 Å². The van der Waals surface area contributed by atoms with E-state index in [1.54, 1.807) is 0 Å². The van der Waals surface area contributed by atoms with Gasteiger partial charge in [-0.1, -0.05) is 13.8 Å². The maximum atomic E-state index is 11.2. The van der Waals surface area contributed by atoms with Gasteiger partial charge < -0.3 is 10.1 Å². The fourth-order valence-electron chi connectivity index (χ4n) is 1.47. The van der Waals surface area contributed by atoms with Crippen LogP contribution in [0.3, 0.4) is 0 Å². The Morgan fingerprint density at radius 3 is 2.56 bits per heavy atom.